The van der Waals surface area contributed by atoms with Crippen molar-refractivity contribution in [2.75, 3.05) is 6.54 Å². The number of hydrogen-bond donors (Lipinski definition) is 2. The quantitative estimate of drug-likeness (QED) is 0.759. The summed E-state index contributed by atoms with van der Waals surface area (Å²) in [5.74, 6) is -0.435. The van der Waals surface area contributed by atoms with Crippen LogP contribution in [0, 0.1) is 0 Å². The van der Waals surface area contributed by atoms with E-state index in [4.69, 9.17) is 9.63 Å². The molecule has 0 spiro atoms. The summed E-state index contributed by atoms with van der Waals surface area (Å²) in [4.78, 5) is 28.5. The number of aliphatic hydroxyl groups is 1. The Kier molecular flexibility index (Phi) is 4.89. The molecule has 1 amide bonds. The number of aliphatic hydroxyl groups excluding tert-OH is 1. The molecular formula is C13H19N3O5. The number of carbonyl (C=O) groups excluding carboxylic acids is 1. The van der Waals surface area contributed by atoms with Crippen LogP contribution in [0.2, 0.25) is 0 Å². The molecule has 2 heterocycles. The Labute approximate surface area is 121 Å². The first-order chi connectivity index (χ1) is 10.0. The van der Waals surface area contributed by atoms with E-state index in [1.54, 1.807) is 0 Å². The third-order valence-electron chi connectivity index (χ3n) is 3.42. The van der Waals surface area contributed by atoms with Gasteiger partial charge in [0.2, 0.25) is 11.8 Å². The van der Waals surface area contributed by atoms with Gasteiger partial charge >= 0.3 is 5.97 Å². The second kappa shape index (κ2) is 6.66. The maximum Gasteiger partial charge on any atom is 0.326 e. The van der Waals surface area contributed by atoms with Crippen molar-refractivity contribution in [3.05, 3.63) is 11.7 Å². The largest absolute Gasteiger partial charge is 0.480 e. The summed E-state index contributed by atoms with van der Waals surface area (Å²) in [6.45, 7) is 2.06. The lowest BCUT2D eigenvalue weighted by Gasteiger charge is -2.20. The summed E-state index contributed by atoms with van der Waals surface area (Å²) in [6, 6.07) is -0.953. The van der Waals surface area contributed by atoms with Crippen LogP contribution in [0.25, 0.3) is 0 Å². The number of carboxylic acid groups (broad SMARTS) is 1. The highest BCUT2D eigenvalue weighted by Crippen LogP contribution is 2.19. The smallest absolute Gasteiger partial charge is 0.326 e. The fraction of sp³-hybridized carbons (Fsp3) is 0.692. The van der Waals surface area contributed by atoms with E-state index in [1.165, 1.54) is 4.90 Å². The Bertz CT molecular complexity index is 516. The van der Waals surface area contributed by atoms with Gasteiger partial charge < -0.3 is 19.6 Å². The molecule has 2 rings (SSSR count). The SMILES string of the molecule is CCCc1noc(CCC(=O)N2CC(O)C[C@H]2C(=O)O)n1. The minimum Gasteiger partial charge on any atom is -0.480 e. The number of carboxylic acids is 1. The van der Waals surface area contributed by atoms with E-state index in [9.17, 15) is 14.7 Å². The minimum absolute atomic E-state index is 0.0563. The van der Waals surface area contributed by atoms with E-state index < -0.39 is 18.1 Å². The lowest BCUT2D eigenvalue weighted by Crippen LogP contribution is -2.40. The van der Waals surface area contributed by atoms with Gasteiger partial charge in [-0.2, -0.15) is 4.98 Å². The van der Waals surface area contributed by atoms with Gasteiger partial charge in [0.25, 0.3) is 0 Å². The summed E-state index contributed by atoms with van der Waals surface area (Å²) in [6.07, 6.45) is 1.27. The maximum absolute atomic E-state index is 12.1. The van der Waals surface area contributed by atoms with E-state index in [2.05, 4.69) is 10.1 Å². The highest BCUT2D eigenvalue weighted by molar-refractivity contribution is 5.84. The van der Waals surface area contributed by atoms with E-state index in [1.807, 2.05) is 6.92 Å². The number of hydrogen-bond acceptors (Lipinski definition) is 6. The van der Waals surface area contributed by atoms with Crippen molar-refractivity contribution in [3.8, 4) is 0 Å². The van der Waals surface area contributed by atoms with Crippen LogP contribution in [-0.4, -0.2) is 55.8 Å². The van der Waals surface area contributed by atoms with Crippen LogP contribution >= 0.6 is 0 Å². The Hall–Kier alpha value is -1.96. The molecule has 8 heteroatoms. The Morgan fingerprint density at radius 1 is 1.43 bits per heavy atom. The summed E-state index contributed by atoms with van der Waals surface area (Å²) in [5.41, 5.74) is 0. The Morgan fingerprint density at radius 3 is 2.86 bits per heavy atom. The molecule has 2 atom stereocenters. The lowest BCUT2D eigenvalue weighted by molar-refractivity contribution is -0.148. The molecule has 1 aliphatic heterocycles. The maximum atomic E-state index is 12.1. The zero-order chi connectivity index (χ0) is 15.4. The zero-order valence-electron chi connectivity index (χ0n) is 11.9. The van der Waals surface area contributed by atoms with Gasteiger partial charge in [0.1, 0.15) is 6.04 Å². The standard InChI is InChI=1S/C13H19N3O5/c1-2-3-10-14-11(21-15-10)4-5-12(18)16-7-8(17)6-9(16)13(19)20/h8-9,17H,2-7H2,1H3,(H,19,20)/t8?,9-/m0/s1. The number of likely N-dealkylation sites (tertiary alicyclic amines) is 1. The average molecular weight is 297 g/mol. The molecule has 1 unspecified atom stereocenters. The molecule has 0 aliphatic carbocycles. The van der Waals surface area contributed by atoms with Gasteiger partial charge in [0, 0.05) is 32.2 Å². The van der Waals surface area contributed by atoms with Gasteiger partial charge in [-0.3, -0.25) is 4.79 Å². The molecule has 21 heavy (non-hydrogen) atoms. The van der Waals surface area contributed by atoms with Crippen molar-refractivity contribution < 1.29 is 24.3 Å². The molecule has 0 radical (unpaired) electrons. The van der Waals surface area contributed by atoms with Crippen LogP contribution in [0.1, 0.15) is 37.9 Å². The monoisotopic (exact) mass is 297 g/mol. The Balaban J connectivity index is 1.90. The topological polar surface area (TPSA) is 117 Å². The van der Waals surface area contributed by atoms with Gasteiger partial charge in [0.15, 0.2) is 5.82 Å². The van der Waals surface area contributed by atoms with Gasteiger partial charge in [-0.15, -0.1) is 0 Å². The first-order valence-electron chi connectivity index (χ1n) is 7.03. The number of rotatable bonds is 6. The van der Waals surface area contributed by atoms with Crippen LogP contribution in [-0.2, 0) is 22.4 Å². The minimum atomic E-state index is -1.09. The summed E-state index contributed by atoms with van der Waals surface area (Å²) in [7, 11) is 0. The first kappa shape index (κ1) is 15.4. The molecule has 0 saturated carbocycles. The molecule has 1 aliphatic rings. The number of aromatic nitrogens is 2. The van der Waals surface area contributed by atoms with Crippen molar-refractivity contribution >= 4 is 11.9 Å². The number of nitrogens with zero attached hydrogens (tertiary/aromatic N) is 3. The van der Waals surface area contributed by atoms with Crippen molar-refractivity contribution in [2.45, 2.75) is 51.2 Å². The van der Waals surface area contributed by atoms with Crippen LogP contribution in [0.5, 0.6) is 0 Å². The molecule has 1 aromatic rings. The number of carbonyl (C=O) groups is 2. The zero-order valence-corrected chi connectivity index (χ0v) is 11.9. The fourth-order valence-electron chi connectivity index (χ4n) is 2.40. The van der Waals surface area contributed by atoms with Gasteiger partial charge in [-0.25, -0.2) is 4.79 Å². The second-order valence-corrected chi connectivity index (χ2v) is 5.14. The molecule has 1 fully saturated rings. The summed E-state index contributed by atoms with van der Waals surface area (Å²) >= 11 is 0. The first-order valence-corrected chi connectivity index (χ1v) is 7.03. The highest BCUT2D eigenvalue weighted by Gasteiger charge is 2.38. The molecule has 0 aromatic carbocycles. The van der Waals surface area contributed by atoms with Crippen molar-refractivity contribution in [3.63, 3.8) is 0 Å². The van der Waals surface area contributed by atoms with Gasteiger partial charge in [-0.05, 0) is 6.42 Å². The predicted octanol–water partition coefficient (Wildman–Crippen LogP) is 0.00110. The number of aryl methyl sites for hydroxylation is 2. The average Bonchev–Trinajstić information content (AvgIpc) is 3.03. The van der Waals surface area contributed by atoms with E-state index in [0.717, 1.165) is 12.8 Å². The van der Waals surface area contributed by atoms with Crippen molar-refractivity contribution in [1.29, 1.82) is 0 Å². The molecular weight excluding hydrogens is 278 g/mol. The molecule has 1 aromatic heterocycles. The van der Waals surface area contributed by atoms with Gasteiger partial charge in [-0.1, -0.05) is 12.1 Å². The molecule has 1 saturated heterocycles. The van der Waals surface area contributed by atoms with E-state index in [0.29, 0.717) is 11.7 Å². The van der Waals surface area contributed by atoms with E-state index >= 15 is 0 Å². The third kappa shape index (κ3) is 3.78. The summed E-state index contributed by atoms with van der Waals surface area (Å²) in [5, 5.41) is 22.4. The predicted molar refractivity (Wildman–Crippen MR) is 70.4 cm³/mol. The third-order valence-corrected chi connectivity index (χ3v) is 3.42. The number of amides is 1. The number of aliphatic carboxylic acids is 1. The normalized spacial score (nSPS) is 21.7. The van der Waals surface area contributed by atoms with Crippen LogP contribution in [0.3, 0.4) is 0 Å². The highest BCUT2D eigenvalue weighted by atomic mass is 16.5. The Morgan fingerprint density at radius 2 is 2.19 bits per heavy atom. The molecule has 116 valence electrons. The fourth-order valence-corrected chi connectivity index (χ4v) is 2.40. The molecule has 0 bridgehead atoms. The van der Waals surface area contributed by atoms with Crippen molar-refractivity contribution in [1.82, 2.24) is 15.0 Å². The number of β-amino-alcohol motifs (C(OH)–C–C–N with tert-alkyl or cyclic N) is 1. The lowest BCUT2D eigenvalue weighted by atomic mass is 10.2. The second-order valence-electron chi connectivity index (χ2n) is 5.14. The summed E-state index contributed by atoms with van der Waals surface area (Å²) < 4.78 is 5.03. The van der Waals surface area contributed by atoms with Crippen LogP contribution in [0.4, 0.5) is 0 Å². The van der Waals surface area contributed by atoms with Gasteiger partial charge in [0.05, 0.1) is 6.10 Å². The molecule has 8 nitrogen and oxygen atoms in total. The van der Waals surface area contributed by atoms with Crippen molar-refractivity contribution in [2.24, 2.45) is 0 Å². The van der Waals surface area contributed by atoms with Crippen LogP contribution < -0.4 is 0 Å². The van der Waals surface area contributed by atoms with E-state index in [-0.39, 0.29) is 31.7 Å². The van der Waals surface area contributed by atoms with Crippen LogP contribution in [0.15, 0.2) is 4.52 Å². The molecule has 2 N–H and O–H groups in total.